The summed E-state index contributed by atoms with van der Waals surface area (Å²) in [5.41, 5.74) is 4.30. The van der Waals surface area contributed by atoms with Gasteiger partial charge in [-0.3, -0.25) is 14.3 Å². The molecule has 8 nitrogen and oxygen atoms in total. The summed E-state index contributed by atoms with van der Waals surface area (Å²) in [7, 11) is 0. The monoisotopic (exact) mass is 479 g/mol. The highest BCUT2D eigenvalue weighted by Gasteiger charge is 2.18. The van der Waals surface area contributed by atoms with Crippen molar-refractivity contribution in [3.05, 3.63) is 80.4 Å². The Labute approximate surface area is 202 Å². The van der Waals surface area contributed by atoms with E-state index in [0.29, 0.717) is 50.7 Å². The first-order chi connectivity index (χ1) is 16.2. The summed E-state index contributed by atoms with van der Waals surface area (Å²) in [6, 6.07) is 3.60. The van der Waals surface area contributed by atoms with Crippen molar-refractivity contribution < 1.29 is 9.15 Å². The molecule has 4 aromatic heterocycles. The zero-order valence-electron chi connectivity index (χ0n) is 20.0. The van der Waals surface area contributed by atoms with Crippen molar-refractivity contribution >= 4 is 11.6 Å². The zero-order valence-corrected chi connectivity index (χ0v) is 20.8. The Morgan fingerprint density at radius 1 is 1.09 bits per heavy atom. The first-order valence-corrected chi connectivity index (χ1v) is 11.3. The second-order valence-corrected chi connectivity index (χ2v) is 8.90. The van der Waals surface area contributed by atoms with Crippen LogP contribution in [-0.4, -0.2) is 24.5 Å². The minimum Gasteiger partial charge on any atom is -0.487 e. The van der Waals surface area contributed by atoms with Crippen LogP contribution in [0.3, 0.4) is 0 Å². The second-order valence-electron chi connectivity index (χ2n) is 8.50. The van der Waals surface area contributed by atoms with Crippen molar-refractivity contribution in [2.75, 3.05) is 0 Å². The molecular formula is C25H26ClN5O3. The van der Waals surface area contributed by atoms with Gasteiger partial charge in [-0.05, 0) is 32.4 Å². The zero-order chi connectivity index (χ0) is 24.6. The predicted octanol–water partition coefficient (Wildman–Crippen LogP) is 5.27. The summed E-state index contributed by atoms with van der Waals surface area (Å²) in [5.74, 6) is 1.95. The molecule has 0 atom stereocenters. The number of rotatable bonds is 6. The van der Waals surface area contributed by atoms with Crippen LogP contribution in [0.2, 0.25) is 5.02 Å². The summed E-state index contributed by atoms with van der Waals surface area (Å²) < 4.78 is 12.6. The first kappa shape index (κ1) is 23.6. The predicted molar refractivity (Wildman–Crippen MR) is 130 cm³/mol. The van der Waals surface area contributed by atoms with Crippen molar-refractivity contribution in [1.82, 2.24) is 24.5 Å². The Morgan fingerprint density at radius 2 is 1.85 bits per heavy atom. The molecule has 0 saturated heterocycles. The lowest BCUT2D eigenvalue weighted by Gasteiger charge is -2.17. The van der Waals surface area contributed by atoms with Crippen LogP contribution in [-0.2, 0) is 6.61 Å². The third kappa shape index (κ3) is 4.59. The quantitative estimate of drug-likeness (QED) is 0.371. The molecule has 0 aliphatic rings. The smallest absolute Gasteiger partial charge is 0.261 e. The van der Waals surface area contributed by atoms with Crippen LogP contribution in [0.15, 0.2) is 40.0 Å². The number of halogens is 1. The molecule has 176 valence electrons. The van der Waals surface area contributed by atoms with Crippen LogP contribution >= 0.6 is 11.6 Å². The summed E-state index contributed by atoms with van der Waals surface area (Å²) in [4.78, 5) is 31.2. The molecule has 0 radical (unpaired) electrons. The van der Waals surface area contributed by atoms with E-state index in [1.165, 1.54) is 6.26 Å². The van der Waals surface area contributed by atoms with Gasteiger partial charge in [-0.1, -0.05) is 25.4 Å². The maximum Gasteiger partial charge on any atom is 0.261 e. The molecule has 34 heavy (non-hydrogen) atoms. The van der Waals surface area contributed by atoms with Gasteiger partial charge < -0.3 is 9.15 Å². The number of nitrogens with zero attached hydrogens (tertiary/aromatic N) is 5. The van der Waals surface area contributed by atoms with Crippen molar-refractivity contribution in [2.24, 2.45) is 0 Å². The van der Waals surface area contributed by atoms with E-state index in [1.807, 2.05) is 33.8 Å². The summed E-state index contributed by atoms with van der Waals surface area (Å²) in [6.07, 6.45) is 4.87. The van der Waals surface area contributed by atoms with Gasteiger partial charge in [-0.15, -0.1) is 0 Å². The highest BCUT2D eigenvalue weighted by atomic mass is 35.5. The maximum absolute atomic E-state index is 13.4. The van der Waals surface area contributed by atoms with Crippen molar-refractivity contribution in [2.45, 2.75) is 54.1 Å². The third-order valence-corrected chi connectivity index (χ3v) is 5.74. The van der Waals surface area contributed by atoms with Gasteiger partial charge in [0.15, 0.2) is 5.89 Å². The van der Waals surface area contributed by atoms with E-state index >= 15 is 0 Å². The standard InChI is InChI=1S/C25H26ClN5O3/c1-13(2)24-28-9-14(3)23(30-24)20-8-21(19(26)10-27-20)31-15(4)7-22(16(5)25(31)32)34-12-18-11-33-17(6)29-18/h7-11,13H,12H2,1-6H3. The van der Waals surface area contributed by atoms with Crippen LogP contribution < -0.4 is 10.3 Å². The summed E-state index contributed by atoms with van der Waals surface area (Å²) >= 11 is 6.51. The SMILES string of the molecule is Cc1nc(COc2cc(C)n(-c3cc(-c4nc(C(C)C)ncc4C)ncc3Cl)c(=O)c2C)co1. The van der Waals surface area contributed by atoms with E-state index in [1.54, 1.807) is 36.9 Å². The lowest BCUT2D eigenvalue weighted by atomic mass is 10.1. The fourth-order valence-corrected chi connectivity index (χ4v) is 3.78. The number of ether oxygens (including phenoxy) is 1. The molecule has 0 aliphatic carbocycles. The number of pyridine rings is 2. The molecule has 0 amide bonds. The lowest BCUT2D eigenvalue weighted by Crippen LogP contribution is -2.24. The van der Waals surface area contributed by atoms with Gasteiger partial charge in [0.2, 0.25) is 0 Å². The maximum atomic E-state index is 13.4. The van der Waals surface area contributed by atoms with Gasteiger partial charge in [0, 0.05) is 37.0 Å². The summed E-state index contributed by atoms with van der Waals surface area (Å²) in [5, 5.41) is 0.357. The molecule has 0 aliphatic heterocycles. The highest BCUT2D eigenvalue weighted by Crippen LogP contribution is 2.28. The van der Waals surface area contributed by atoms with E-state index in [4.69, 9.17) is 25.7 Å². The van der Waals surface area contributed by atoms with Gasteiger partial charge >= 0.3 is 0 Å². The van der Waals surface area contributed by atoms with Crippen LogP contribution in [0.5, 0.6) is 5.75 Å². The minimum absolute atomic E-state index is 0.173. The van der Waals surface area contributed by atoms with Crippen LogP contribution in [0, 0.1) is 27.7 Å². The van der Waals surface area contributed by atoms with E-state index < -0.39 is 0 Å². The van der Waals surface area contributed by atoms with Crippen LogP contribution in [0.1, 0.15) is 54.0 Å². The molecule has 4 aromatic rings. The Bertz CT molecular complexity index is 1420. The fraction of sp³-hybridized carbons (Fsp3) is 0.320. The Hall–Kier alpha value is -3.52. The number of oxazole rings is 1. The normalized spacial score (nSPS) is 11.3. The molecule has 0 N–H and O–H groups in total. The van der Waals surface area contributed by atoms with Gasteiger partial charge in [-0.25, -0.2) is 15.0 Å². The molecule has 4 heterocycles. The van der Waals surface area contributed by atoms with Crippen molar-refractivity contribution in [1.29, 1.82) is 0 Å². The molecule has 0 aromatic carbocycles. The van der Waals surface area contributed by atoms with Gasteiger partial charge in [0.05, 0.1) is 27.7 Å². The van der Waals surface area contributed by atoms with Crippen LogP contribution in [0.4, 0.5) is 0 Å². The molecule has 9 heteroatoms. The minimum atomic E-state index is -0.229. The van der Waals surface area contributed by atoms with Crippen molar-refractivity contribution in [3.63, 3.8) is 0 Å². The van der Waals surface area contributed by atoms with Gasteiger partial charge in [0.25, 0.3) is 5.56 Å². The molecule has 0 unspecified atom stereocenters. The number of hydrogen-bond acceptors (Lipinski definition) is 7. The first-order valence-electron chi connectivity index (χ1n) is 10.9. The van der Waals surface area contributed by atoms with Crippen LogP contribution in [0.25, 0.3) is 17.1 Å². The third-order valence-electron chi connectivity index (χ3n) is 5.45. The van der Waals surface area contributed by atoms with E-state index in [2.05, 4.69) is 15.0 Å². The molecule has 0 bridgehead atoms. The average Bonchev–Trinajstić information content (AvgIpc) is 3.22. The number of aromatic nitrogens is 5. The molecule has 0 saturated carbocycles. The fourth-order valence-electron chi connectivity index (χ4n) is 3.59. The Kier molecular flexibility index (Phi) is 6.52. The Balaban J connectivity index is 1.76. The number of aryl methyl sites for hydroxylation is 3. The van der Waals surface area contributed by atoms with Crippen molar-refractivity contribution in [3.8, 4) is 22.8 Å². The highest BCUT2D eigenvalue weighted by molar-refractivity contribution is 6.32. The van der Waals surface area contributed by atoms with E-state index in [0.717, 1.165) is 11.4 Å². The Morgan fingerprint density at radius 3 is 2.53 bits per heavy atom. The summed E-state index contributed by atoms with van der Waals surface area (Å²) in [6.45, 7) is 11.5. The van der Waals surface area contributed by atoms with E-state index in [-0.39, 0.29) is 18.1 Å². The molecular weight excluding hydrogens is 454 g/mol. The molecule has 0 spiro atoms. The van der Waals surface area contributed by atoms with Gasteiger partial charge in [0.1, 0.15) is 30.1 Å². The topological polar surface area (TPSA) is 95.9 Å². The largest absolute Gasteiger partial charge is 0.487 e. The van der Waals surface area contributed by atoms with Gasteiger partial charge in [-0.2, -0.15) is 0 Å². The average molecular weight is 480 g/mol. The van der Waals surface area contributed by atoms with E-state index in [9.17, 15) is 4.79 Å². The molecule has 0 fully saturated rings. The molecule has 4 rings (SSSR count). The number of hydrogen-bond donors (Lipinski definition) is 0. The lowest BCUT2D eigenvalue weighted by molar-refractivity contribution is 0.297. The second kappa shape index (κ2) is 9.38.